The molecule has 1 fully saturated rings. The Morgan fingerprint density at radius 2 is 1.88 bits per heavy atom. The van der Waals surface area contributed by atoms with E-state index in [-0.39, 0.29) is 21.4 Å². The number of hydrogen-bond donors (Lipinski definition) is 1. The lowest BCUT2D eigenvalue weighted by molar-refractivity contribution is -0.113. The number of ether oxygens (including phenoxy) is 1. The summed E-state index contributed by atoms with van der Waals surface area (Å²) in [5.41, 5.74) is 0.983. The lowest BCUT2D eigenvalue weighted by atomic mass is 10.1. The summed E-state index contributed by atoms with van der Waals surface area (Å²) in [7, 11) is 0. The average Bonchev–Trinajstić information content (AvgIpc) is 2.87. The molecule has 1 saturated heterocycles. The number of carbonyl (C=O) groups excluding carboxylic acids is 2. The number of thioether (sulfide) groups is 1. The highest BCUT2D eigenvalue weighted by atomic mass is 35.5. The van der Waals surface area contributed by atoms with Gasteiger partial charge in [0, 0.05) is 5.02 Å². The lowest BCUT2D eigenvalue weighted by Gasteiger charge is -2.12. The smallest absolute Gasteiger partial charge is 0.298 e. The van der Waals surface area contributed by atoms with Crippen LogP contribution in [0, 0.1) is 0 Å². The molecule has 0 unspecified atom stereocenters. The SMILES string of the molecule is CCOc1cc(C=C2SC(=O)N(c3ccc(Cl)cc3)C2=O)cc(Cl)c1O. The summed E-state index contributed by atoms with van der Waals surface area (Å²) in [4.78, 5) is 26.2. The number of benzene rings is 2. The van der Waals surface area contributed by atoms with E-state index in [1.807, 2.05) is 0 Å². The molecule has 0 radical (unpaired) electrons. The Morgan fingerprint density at radius 1 is 1.19 bits per heavy atom. The number of nitrogens with zero attached hydrogens (tertiary/aromatic N) is 1. The van der Waals surface area contributed by atoms with Crippen LogP contribution in [0.2, 0.25) is 10.0 Å². The third-order valence-electron chi connectivity index (χ3n) is 3.53. The van der Waals surface area contributed by atoms with Crippen molar-refractivity contribution in [2.75, 3.05) is 11.5 Å². The van der Waals surface area contributed by atoms with E-state index in [1.54, 1.807) is 37.3 Å². The Hall–Kier alpha value is -2.15. The summed E-state index contributed by atoms with van der Waals surface area (Å²) < 4.78 is 5.33. The molecule has 1 aliphatic heterocycles. The van der Waals surface area contributed by atoms with Crippen LogP contribution in [0.15, 0.2) is 41.3 Å². The maximum absolute atomic E-state index is 12.6. The van der Waals surface area contributed by atoms with Crippen LogP contribution in [-0.2, 0) is 4.79 Å². The summed E-state index contributed by atoms with van der Waals surface area (Å²) in [5, 5.41) is 10.1. The lowest BCUT2D eigenvalue weighted by Crippen LogP contribution is -2.27. The normalized spacial score (nSPS) is 15.8. The molecule has 0 aromatic heterocycles. The standard InChI is InChI=1S/C18H13Cl2NO4S/c1-2-25-14-8-10(7-13(20)16(14)22)9-15-17(23)21(18(24)26-15)12-5-3-11(19)4-6-12/h3-9,22H,2H2,1H3. The maximum Gasteiger partial charge on any atom is 0.298 e. The second-order valence-electron chi connectivity index (χ2n) is 5.28. The number of phenols is 1. The number of anilines is 1. The predicted octanol–water partition coefficient (Wildman–Crippen LogP) is 5.34. The minimum Gasteiger partial charge on any atom is -0.503 e. The molecule has 5 nitrogen and oxygen atoms in total. The highest BCUT2D eigenvalue weighted by Gasteiger charge is 2.36. The molecule has 26 heavy (non-hydrogen) atoms. The van der Waals surface area contributed by atoms with Gasteiger partial charge in [0.2, 0.25) is 0 Å². The molecular weight excluding hydrogens is 397 g/mol. The molecule has 0 bridgehead atoms. The Labute approximate surface area is 164 Å². The average molecular weight is 410 g/mol. The molecule has 134 valence electrons. The van der Waals surface area contributed by atoms with Gasteiger partial charge >= 0.3 is 0 Å². The van der Waals surface area contributed by atoms with E-state index in [0.29, 0.717) is 22.9 Å². The van der Waals surface area contributed by atoms with E-state index in [9.17, 15) is 14.7 Å². The first kappa shape index (κ1) is 18.6. The highest BCUT2D eigenvalue weighted by Crippen LogP contribution is 2.39. The molecule has 0 aliphatic carbocycles. The van der Waals surface area contributed by atoms with Gasteiger partial charge in [0.05, 0.1) is 22.2 Å². The molecule has 2 amide bonds. The molecule has 0 spiro atoms. The van der Waals surface area contributed by atoms with Crippen molar-refractivity contribution in [3.8, 4) is 11.5 Å². The van der Waals surface area contributed by atoms with Crippen molar-refractivity contribution in [2.24, 2.45) is 0 Å². The van der Waals surface area contributed by atoms with Gasteiger partial charge in [-0.05, 0) is 66.7 Å². The van der Waals surface area contributed by atoms with Crippen molar-refractivity contribution in [3.05, 3.63) is 56.9 Å². The Kier molecular flexibility index (Phi) is 5.46. The number of hydrogen-bond acceptors (Lipinski definition) is 5. The van der Waals surface area contributed by atoms with Gasteiger partial charge in [-0.15, -0.1) is 0 Å². The zero-order valence-corrected chi connectivity index (χ0v) is 15.9. The minimum atomic E-state index is -0.440. The molecule has 0 saturated carbocycles. The summed E-state index contributed by atoms with van der Waals surface area (Å²) in [6, 6.07) is 9.48. The van der Waals surface area contributed by atoms with E-state index in [1.165, 1.54) is 12.1 Å². The van der Waals surface area contributed by atoms with Gasteiger partial charge in [0.1, 0.15) is 0 Å². The van der Waals surface area contributed by atoms with Crippen molar-refractivity contribution >= 4 is 57.9 Å². The summed E-state index contributed by atoms with van der Waals surface area (Å²) >= 11 is 12.7. The summed E-state index contributed by atoms with van der Waals surface area (Å²) in [6.45, 7) is 2.12. The fourth-order valence-corrected chi connectivity index (χ4v) is 3.56. The fourth-order valence-electron chi connectivity index (χ4n) is 2.37. The third-order valence-corrected chi connectivity index (χ3v) is 4.94. The van der Waals surface area contributed by atoms with Crippen LogP contribution in [-0.4, -0.2) is 22.9 Å². The van der Waals surface area contributed by atoms with Crippen molar-refractivity contribution in [1.82, 2.24) is 0 Å². The third kappa shape index (κ3) is 3.67. The van der Waals surface area contributed by atoms with E-state index in [0.717, 1.165) is 16.7 Å². The van der Waals surface area contributed by atoms with Gasteiger partial charge in [-0.2, -0.15) is 0 Å². The van der Waals surface area contributed by atoms with Crippen LogP contribution in [0.3, 0.4) is 0 Å². The Balaban J connectivity index is 1.94. The van der Waals surface area contributed by atoms with Gasteiger partial charge in [0.15, 0.2) is 11.5 Å². The van der Waals surface area contributed by atoms with Crippen LogP contribution in [0.4, 0.5) is 10.5 Å². The fraction of sp³-hybridized carbons (Fsp3) is 0.111. The second-order valence-corrected chi connectivity index (χ2v) is 7.11. The maximum atomic E-state index is 12.6. The molecule has 2 aromatic rings. The van der Waals surface area contributed by atoms with Crippen LogP contribution in [0.5, 0.6) is 11.5 Å². The van der Waals surface area contributed by atoms with Gasteiger partial charge in [-0.25, -0.2) is 4.90 Å². The molecular formula is C18H13Cl2NO4S. The quantitative estimate of drug-likeness (QED) is 0.690. The number of carbonyl (C=O) groups is 2. The Bertz CT molecular complexity index is 912. The highest BCUT2D eigenvalue weighted by molar-refractivity contribution is 8.19. The van der Waals surface area contributed by atoms with Crippen molar-refractivity contribution in [2.45, 2.75) is 6.92 Å². The number of imide groups is 1. The molecule has 3 rings (SSSR count). The Morgan fingerprint density at radius 3 is 2.54 bits per heavy atom. The van der Waals surface area contributed by atoms with Crippen molar-refractivity contribution in [3.63, 3.8) is 0 Å². The molecule has 2 aromatic carbocycles. The van der Waals surface area contributed by atoms with E-state index in [2.05, 4.69) is 0 Å². The molecule has 8 heteroatoms. The topological polar surface area (TPSA) is 66.8 Å². The molecule has 1 N–H and O–H groups in total. The number of aromatic hydroxyl groups is 1. The first-order chi connectivity index (χ1) is 12.4. The van der Waals surface area contributed by atoms with Crippen LogP contribution >= 0.6 is 35.0 Å². The number of amides is 2. The number of halogens is 2. The van der Waals surface area contributed by atoms with E-state index in [4.69, 9.17) is 27.9 Å². The van der Waals surface area contributed by atoms with Crippen LogP contribution in [0.25, 0.3) is 6.08 Å². The zero-order valence-electron chi connectivity index (χ0n) is 13.5. The second kappa shape index (κ2) is 7.61. The first-order valence-corrected chi connectivity index (χ1v) is 9.16. The molecule has 0 atom stereocenters. The van der Waals surface area contributed by atoms with Crippen LogP contribution in [0.1, 0.15) is 12.5 Å². The van der Waals surface area contributed by atoms with Crippen molar-refractivity contribution in [1.29, 1.82) is 0 Å². The van der Waals surface area contributed by atoms with Gasteiger partial charge in [-0.1, -0.05) is 23.2 Å². The van der Waals surface area contributed by atoms with Crippen molar-refractivity contribution < 1.29 is 19.4 Å². The summed E-state index contributed by atoms with van der Waals surface area (Å²) in [6.07, 6.45) is 1.54. The van der Waals surface area contributed by atoms with Crippen LogP contribution < -0.4 is 9.64 Å². The number of phenolic OH excluding ortho intramolecular Hbond substituents is 1. The minimum absolute atomic E-state index is 0.0964. The first-order valence-electron chi connectivity index (χ1n) is 7.59. The summed E-state index contributed by atoms with van der Waals surface area (Å²) in [5.74, 6) is -0.396. The van der Waals surface area contributed by atoms with Gasteiger partial charge in [-0.3, -0.25) is 9.59 Å². The zero-order chi connectivity index (χ0) is 18.8. The van der Waals surface area contributed by atoms with E-state index < -0.39 is 11.1 Å². The predicted molar refractivity (Wildman–Crippen MR) is 104 cm³/mol. The monoisotopic (exact) mass is 409 g/mol. The van der Waals surface area contributed by atoms with Gasteiger partial charge < -0.3 is 9.84 Å². The number of rotatable bonds is 4. The largest absolute Gasteiger partial charge is 0.503 e. The molecule has 1 heterocycles. The van der Waals surface area contributed by atoms with E-state index >= 15 is 0 Å². The molecule has 1 aliphatic rings. The van der Waals surface area contributed by atoms with Gasteiger partial charge in [0.25, 0.3) is 11.1 Å².